The molecule has 0 radical (unpaired) electrons. The standard InChI is InChI=1S/C12H15NO4S/c14-18(15)6-3-13-10(8-18)9-1-2-11-12(7-9)17-5-4-16-11/h1-2,7,10,13H,3-6,8H2. The van der Waals surface area contributed by atoms with Crippen molar-refractivity contribution < 1.29 is 17.9 Å². The Kier molecular flexibility index (Phi) is 2.91. The van der Waals surface area contributed by atoms with Gasteiger partial charge in [0.15, 0.2) is 21.3 Å². The molecule has 0 amide bonds. The van der Waals surface area contributed by atoms with E-state index in [9.17, 15) is 8.42 Å². The molecule has 0 aliphatic carbocycles. The average molecular weight is 269 g/mol. The zero-order valence-corrected chi connectivity index (χ0v) is 10.7. The Hall–Kier alpha value is -1.27. The summed E-state index contributed by atoms with van der Waals surface area (Å²) >= 11 is 0. The molecule has 5 nitrogen and oxygen atoms in total. The summed E-state index contributed by atoms with van der Waals surface area (Å²) in [7, 11) is -2.94. The van der Waals surface area contributed by atoms with Crippen LogP contribution in [0.25, 0.3) is 0 Å². The van der Waals surface area contributed by atoms with Crippen LogP contribution in [-0.2, 0) is 9.84 Å². The molecule has 18 heavy (non-hydrogen) atoms. The van der Waals surface area contributed by atoms with Crippen LogP contribution < -0.4 is 14.8 Å². The highest BCUT2D eigenvalue weighted by Gasteiger charge is 2.26. The number of benzene rings is 1. The molecule has 1 fully saturated rings. The van der Waals surface area contributed by atoms with Crippen LogP contribution in [0, 0.1) is 0 Å². The van der Waals surface area contributed by atoms with Gasteiger partial charge in [-0.05, 0) is 17.7 Å². The smallest absolute Gasteiger partial charge is 0.161 e. The number of sulfone groups is 1. The Balaban J connectivity index is 1.88. The van der Waals surface area contributed by atoms with E-state index in [1.54, 1.807) is 0 Å². The molecule has 1 aromatic carbocycles. The number of hydrogen-bond donors (Lipinski definition) is 1. The van der Waals surface area contributed by atoms with E-state index in [-0.39, 0.29) is 17.5 Å². The molecule has 0 aromatic heterocycles. The molecule has 0 saturated carbocycles. The molecule has 1 aromatic rings. The van der Waals surface area contributed by atoms with Crippen molar-refractivity contribution in [3.05, 3.63) is 23.8 Å². The summed E-state index contributed by atoms with van der Waals surface area (Å²) in [5, 5.41) is 3.22. The Morgan fingerprint density at radius 1 is 1.17 bits per heavy atom. The van der Waals surface area contributed by atoms with Gasteiger partial charge in [0.1, 0.15) is 13.2 Å². The Bertz CT molecular complexity index is 555. The molecule has 0 spiro atoms. The van der Waals surface area contributed by atoms with Crippen molar-refractivity contribution in [3.8, 4) is 11.5 Å². The van der Waals surface area contributed by atoms with E-state index in [0.717, 1.165) is 11.3 Å². The van der Waals surface area contributed by atoms with E-state index in [1.165, 1.54) is 0 Å². The van der Waals surface area contributed by atoms with E-state index in [1.807, 2.05) is 18.2 Å². The van der Waals surface area contributed by atoms with Gasteiger partial charge in [0.2, 0.25) is 0 Å². The van der Waals surface area contributed by atoms with Gasteiger partial charge in [0, 0.05) is 12.6 Å². The Morgan fingerprint density at radius 3 is 2.72 bits per heavy atom. The molecule has 1 unspecified atom stereocenters. The monoisotopic (exact) mass is 269 g/mol. The number of fused-ring (bicyclic) bond motifs is 1. The lowest BCUT2D eigenvalue weighted by Gasteiger charge is -2.25. The van der Waals surface area contributed by atoms with Gasteiger partial charge in [0.25, 0.3) is 0 Å². The number of hydrogen-bond acceptors (Lipinski definition) is 5. The molecular formula is C12H15NO4S. The van der Waals surface area contributed by atoms with Crippen LogP contribution in [0.5, 0.6) is 11.5 Å². The first-order valence-corrected chi connectivity index (χ1v) is 7.79. The van der Waals surface area contributed by atoms with Crippen LogP contribution in [-0.4, -0.2) is 39.7 Å². The van der Waals surface area contributed by atoms with Gasteiger partial charge in [0.05, 0.1) is 11.5 Å². The van der Waals surface area contributed by atoms with E-state index in [4.69, 9.17) is 9.47 Å². The first-order valence-electron chi connectivity index (χ1n) is 5.97. The maximum atomic E-state index is 11.6. The normalized spacial score (nSPS) is 25.7. The van der Waals surface area contributed by atoms with Crippen LogP contribution in [0.1, 0.15) is 11.6 Å². The van der Waals surface area contributed by atoms with Gasteiger partial charge < -0.3 is 14.8 Å². The SMILES string of the molecule is O=S1(=O)CCNC(c2ccc3c(c2)OCCO3)C1. The second-order valence-electron chi connectivity index (χ2n) is 4.52. The number of ether oxygens (including phenoxy) is 2. The van der Waals surface area contributed by atoms with Gasteiger partial charge in [-0.25, -0.2) is 8.42 Å². The third-order valence-electron chi connectivity index (χ3n) is 3.19. The third-order valence-corrected chi connectivity index (χ3v) is 4.86. The fraction of sp³-hybridized carbons (Fsp3) is 0.500. The minimum Gasteiger partial charge on any atom is -0.486 e. The fourth-order valence-corrected chi connectivity index (χ4v) is 3.69. The van der Waals surface area contributed by atoms with Crippen molar-refractivity contribution in [2.75, 3.05) is 31.3 Å². The van der Waals surface area contributed by atoms with Gasteiger partial charge in [-0.3, -0.25) is 0 Å². The minimum absolute atomic E-state index is 0.145. The van der Waals surface area contributed by atoms with Crippen molar-refractivity contribution in [2.45, 2.75) is 6.04 Å². The maximum Gasteiger partial charge on any atom is 0.161 e. The Morgan fingerprint density at radius 2 is 1.94 bits per heavy atom. The highest BCUT2D eigenvalue weighted by atomic mass is 32.2. The minimum atomic E-state index is -2.94. The molecule has 0 bridgehead atoms. The van der Waals surface area contributed by atoms with Crippen molar-refractivity contribution in [1.82, 2.24) is 5.32 Å². The van der Waals surface area contributed by atoms with E-state index < -0.39 is 9.84 Å². The highest BCUT2D eigenvalue weighted by molar-refractivity contribution is 7.91. The van der Waals surface area contributed by atoms with Crippen molar-refractivity contribution >= 4 is 9.84 Å². The summed E-state index contributed by atoms with van der Waals surface area (Å²) in [6.45, 7) is 1.59. The molecule has 1 N–H and O–H groups in total. The summed E-state index contributed by atoms with van der Waals surface area (Å²) in [4.78, 5) is 0. The third kappa shape index (κ3) is 2.30. The molecule has 98 valence electrons. The van der Waals surface area contributed by atoms with Crippen LogP contribution in [0.3, 0.4) is 0 Å². The predicted octanol–water partition coefficient (Wildman–Crippen LogP) is 0.517. The van der Waals surface area contributed by atoms with E-state index in [2.05, 4.69) is 5.32 Å². The number of nitrogens with one attached hydrogen (secondary N) is 1. The maximum absolute atomic E-state index is 11.6. The quantitative estimate of drug-likeness (QED) is 0.805. The first kappa shape index (κ1) is 11.8. The molecule has 1 saturated heterocycles. The van der Waals surface area contributed by atoms with Crippen LogP contribution in [0.4, 0.5) is 0 Å². The fourth-order valence-electron chi connectivity index (χ4n) is 2.28. The van der Waals surface area contributed by atoms with Gasteiger partial charge >= 0.3 is 0 Å². The lowest BCUT2D eigenvalue weighted by Crippen LogP contribution is -2.39. The zero-order valence-electron chi connectivity index (χ0n) is 9.89. The summed E-state index contributed by atoms with van der Waals surface area (Å²) in [5.74, 6) is 1.79. The summed E-state index contributed by atoms with van der Waals surface area (Å²) in [6.07, 6.45) is 0. The molecular weight excluding hydrogens is 254 g/mol. The summed E-state index contributed by atoms with van der Waals surface area (Å²) < 4.78 is 34.2. The molecule has 6 heteroatoms. The van der Waals surface area contributed by atoms with Crippen LogP contribution in [0.2, 0.25) is 0 Å². The van der Waals surface area contributed by atoms with Gasteiger partial charge in [-0.15, -0.1) is 0 Å². The first-order chi connectivity index (χ1) is 8.64. The lowest BCUT2D eigenvalue weighted by atomic mass is 10.1. The Labute approximate surface area is 106 Å². The van der Waals surface area contributed by atoms with E-state index in [0.29, 0.717) is 25.5 Å². The number of rotatable bonds is 1. The second-order valence-corrected chi connectivity index (χ2v) is 6.75. The predicted molar refractivity (Wildman–Crippen MR) is 66.8 cm³/mol. The molecule has 2 heterocycles. The lowest BCUT2D eigenvalue weighted by molar-refractivity contribution is 0.171. The van der Waals surface area contributed by atoms with Crippen LogP contribution >= 0.6 is 0 Å². The van der Waals surface area contributed by atoms with Crippen molar-refractivity contribution in [3.63, 3.8) is 0 Å². The van der Waals surface area contributed by atoms with Crippen LogP contribution in [0.15, 0.2) is 18.2 Å². The van der Waals surface area contributed by atoms with Crippen molar-refractivity contribution in [1.29, 1.82) is 0 Å². The summed E-state index contributed by atoms with van der Waals surface area (Å²) in [5.41, 5.74) is 0.933. The topological polar surface area (TPSA) is 64.6 Å². The van der Waals surface area contributed by atoms with Crippen molar-refractivity contribution in [2.24, 2.45) is 0 Å². The second kappa shape index (κ2) is 4.44. The largest absolute Gasteiger partial charge is 0.486 e. The van der Waals surface area contributed by atoms with Gasteiger partial charge in [-0.1, -0.05) is 6.07 Å². The van der Waals surface area contributed by atoms with Gasteiger partial charge in [-0.2, -0.15) is 0 Å². The molecule has 2 aliphatic heterocycles. The summed E-state index contributed by atoms with van der Waals surface area (Å²) in [6, 6.07) is 5.45. The zero-order chi connectivity index (χ0) is 12.6. The molecule has 1 atom stereocenters. The average Bonchev–Trinajstić information content (AvgIpc) is 2.37. The molecule has 3 rings (SSSR count). The van der Waals surface area contributed by atoms with E-state index >= 15 is 0 Å². The highest BCUT2D eigenvalue weighted by Crippen LogP contribution is 2.33. The molecule has 2 aliphatic rings.